The molecule has 1 aromatic heterocycles. The molecule has 2 heterocycles. The van der Waals surface area contributed by atoms with Crippen molar-refractivity contribution in [3.63, 3.8) is 0 Å². The van der Waals surface area contributed by atoms with E-state index < -0.39 is 5.92 Å². The van der Waals surface area contributed by atoms with E-state index in [2.05, 4.69) is 17.3 Å². The zero-order valence-corrected chi connectivity index (χ0v) is 17.1. The standard InChI is InChI=1S/C22H28N4O3/c1-3-10-29-18-8-4-15(5-9-18)11-20(27)26-13-16-12-25(2)24-21(16)19(14-26)22(28)23-17-6-7-17/h4-5,8-9,12,17,19H,3,6-7,10-11,13-14H2,1-2H3,(H,23,28)/t19-/m1/s1. The highest BCUT2D eigenvalue weighted by atomic mass is 16.5. The van der Waals surface area contributed by atoms with Gasteiger partial charge in [-0.05, 0) is 37.0 Å². The van der Waals surface area contributed by atoms with Crippen molar-refractivity contribution in [1.29, 1.82) is 0 Å². The van der Waals surface area contributed by atoms with Crippen LogP contribution in [0.3, 0.4) is 0 Å². The Labute approximate surface area is 171 Å². The minimum absolute atomic E-state index is 0.0194. The van der Waals surface area contributed by atoms with Gasteiger partial charge in [-0.2, -0.15) is 5.10 Å². The first-order valence-corrected chi connectivity index (χ1v) is 10.4. The van der Waals surface area contributed by atoms with Crippen LogP contribution in [0, 0.1) is 0 Å². The summed E-state index contributed by atoms with van der Waals surface area (Å²) in [6.45, 7) is 3.62. The van der Waals surface area contributed by atoms with E-state index in [-0.39, 0.29) is 17.9 Å². The summed E-state index contributed by atoms with van der Waals surface area (Å²) in [6, 6.07) is 7.95. The molecule has 154 valence electrons. The molecule has 0 saturated heterocycles. The van der Waals surface area contributed by atoms with E-state index in [1.54, 1.807) is 9.58 Å². The van der Waals surface area contributed by atoms with Crippen LogP contribution >= 0.6 is 0 Å². The summed E-state index contributed by atoms with van der Waals surface area (Å²) in [7, 11) is 1.85. The Bertz CT molecular complexity index is 886. The number of ether oxygens (including phenoxy) is 1. The van der Waals surface area contributed by atoms with Gasteiger partial charge >= 0.3 is 0 Å². The third-order valence-corrected chi connectivity index (χ3v) is 5.38. The largest absolute Gasteiger partial charge is 0.494 e. The lowest BCUT2D eigenvalue weighted by Crippen LogP contribution is -2.44. The second-order valence-electron chi connectivity index (χ2n) is 7.99. The molecule has 0 unspecified atom stereocenters. The first-order valence-electron chi connectivity index (χ1n) is 10.4. The molecule has 7 nitrogen and oxygen atoms in total. The Morgan fingerprint density at radius 1 is 1.24 bits per heavy atom. The van der Waals surface area contributed by atoms with Crippen molar-refractivity contribution in [2.24, 2.45) is 7.05 Å². The molecule has 2 aliphatic rings. The van der Waals surface area contributed by atoms with Crippen LogP contribution in [0.5, 0.6) is 5.75 Å². The average Bonchev–Trinajstić information content (AvgIpc) is 3.44. The molecule has 1 aliphatic heterocycles. The molecule has 0 radical (unpaired) electrons. The van der Waals surface area contributed by atoms with E-state index in [4.69, 9.17) is 4.74 Å². The fraction of sp³-hybridized carbons (Fsp3) is 0.500. The first-order chi connectivity index (χ1) is 14.0. The fourth-order valence-electron chi connectivity index (χ4n) is 3.68. The van der Waals surface area contributed by atoms with Gasteiger partial charge in [-0.3, -0.25) is 14.3 Å². The molecule has 2 amide bonds. The average molecular weight is 396 g/mol. The van der Waals surface area contributed by atoms with Gasteiger partial charge in [0.2, 0.25) is 11.8 Å². The molecule has 1 aliphatic carbocycles. The number of nitrogens with one attached hydrogen (secondary N) is 1. The Morgan fingerprint density at radius 2 is 2.00 bits per heavy atom. The number of rotatable bonds is 7. The lowest BCUT2D eigenvalue weighted by molar-refractivity contribution is -0.133. The smallest absolute Gasteiger partial charge is 0.231 e. The molecule has 1 atom stereocenters. The monoisotopic (exact) mass is 396 g/mol. The molecule has 2 aromatic rings. The van der Waals surface area contributed by atoms with E-state index in [0.29, 0.717) is 26.1 Å². The normalized spacial score (nSPS) is 18.3. The number of aromatic nitrogens is 2. The third kappa shape index (κ3) is 4.60. The predicted molar refractivity (Wildman–Crippen MR) is 108 cm³/mol. The molecule has 0 spiro atoms. The van der Waals surface area contributed by atoms with Crippen LogP contribution in [-0.2, 0) is 29.6 Å². The maximum absolute atomic E-state index is 13.0. The van der Waals surface area contributed by atoms with Gasteiger partial charge in [-0.1, -0.05) is 19.1 Å². The van der Waals surface area contributed by atoms with Crippen LogP contribution in [0.4, 0.5) is 0 Å². The summed E-state index contributed by atoms with van der Waals surface area (Å²) in [4.78, 5) is 27.5. The quantitative estimate of drug-likeness (QED) is 0.778. The van der Waals surface area contributed by atoms with Gasteiger partial charge in [-0.15, -0.1) is 0 Å². The van der Waals surface area contributed by atoms with Crippen LogP contribution < -0.4 is 10.1 Å². The van der Waals surface area contributed by atoms with Crippen molar-refractivity contribution < 1.29 is 14.3 Å². The number of amides is 2. The van der Waals surface area contributed by atoms with Gasteiger partial charge in [0.1, 0.15) is 5.75 Å². The van der Waals surface area contributed by atoms with Gasteiger partial charge in [0.25, 0.3) is 0 Å². The number of carbonyl (C=O) groups is 2. The van der Waals surface area contributed by atoms with Crippen molar-refractivity contribution in [3.05, 3.63) is 47.3 Å². The molecule has 1 N–H and O–H groups in total. The van der Waals surface area contributed by atoms with Gasteiger partial charge < -0.3 is 15.0 Å². The Hall–Kier alpha value is -2.83. The minimum atomic E-state index is -0.408. The number of aryl methyl sites for hydroxylation is 1. The molecule has 1 fully saturated rings. The molecule has 1 aromatic carbocycles. The number of nitrogens with zero attached hydrogens (tertiary/aromatic N) is 3. The van der Waals surface area contributed by atoms with Crippen molar-refractivity contribution in [2.75, 3.05) is 13.2 Å². The molecular weight excluding hydrogens is 368 g/mol. The van der Waals surface area contributed by atoms with E-state index in [0.717, 1.165) is 41.8 Å². The zero-order valence-electron chi connectivity index (χ0n) is 17.1. The van der Waals surface area contributed by atoms with Crippen molar-refractivity contribution in [1.82, 2.24) is 20.0 Å². The second kappa shape index (κ2) is 8.27. The summed E-state index contributed by atoms with van der Waals surface area (Å²) in [6.07, 6.45) is 5.25. The first kappa shape index (κ1) is 19.5. The van der Waals surface area contributed by atoms with E-state index in [1.165, 1.54) is 0 Å². The molecule has 1 saturated carbocycles. The number of hydrogen-bond acceptors (Lipinski definition) is 4. The maximum atomic E-state index is 13.0. The molecular formula is C22H28N4O3. The summed E-state index contributed by atoms with van der Waals surface area (Å²) in [5, 5.41) is 7.56. The van der Waals surface area contributed by atoms with Gasteiger partial charge in [0.15, 0.2) is 0 Å². The molecule has 29 heavy (non-hydrogen) atoms. The van der Waals surface area contributed by atoms with Gasteiger partial charge in [-0.25, -0.2) is 0 Å². The SMILES string of the molecule is CCCOc1ccc(CC(=O)N2Cc3cn(C)nc3[C@H](C(=O)NC3CC3)C2)cc1. The Kier molecular flexibility index (Phi) is 5.56. The van der Waals surface area contributed by atoms with Crippen molar-refractivity contribution >= 4 is 11.8 Å². The highest BCUT2D eigenvalue weighted by Crippen LogP contribution is 2.29. The molecule has 0 bridgehead atoms. The summed E-state index contributed by atoms with van der Waals surface area (Å²) in [5.41, 5.74) is 2.69. The maximum Gasteiger partial charge on any atom is 0.231 e. The number of fused-ring (bicyclic) bond motifs is 1. The minimum Gasteiger partial charge on any atom is -0.494 e. The lowest BCUT2D eigenvalue weighted by atomic mass is 9.95. The summed E-state index contributed by atoms with van der Waals surface area (Å²) >= 11 is 0. The topological polar surface area (TPSA) is 76.5 Å². The van der Waals surface area contributed by atoms with Crippen LogP contribution in [-0.4, -0.2) is 45.7 Å². The molecule has 4 rings (SSSR count). The van der Waals surface area contributed by atoms with Gasteiger partial charge in [0.05, 0.1) is 24.6 Å². The summed E-state index contributed by atoms with van der Waals surface area (Å²) < 4.78 is 7.33. The van der Waals surface area contributed by atoms with Gasteiger partial charge in [0, 0.05) is 37.9 Å². The van der Waals surface area contributed by atoms with Crippen LogP contribution in [0.15, 0.2) is 30.5 Å². The Morgan fingerprint density at radius 3 is 2.69 bits per heavy atom. The van der Waals surface area contributed by atoms with Crippen molar-refractivity contribution in [2.45, 2.75) is 51.1 Å². The zero-order chi connectivity index (χ0) is 20.4. The predicted octanol–water partition coefficient (Wildman–Crippen LogP) is 2.16. The van der Waals surface area contributed by atoms with E-state index >= 15 is 0 Å². The fourth-order valence-corrected chi connectivity index (χ4v) is 3.68. The van der Waals surface area contributed by atoms with Crippen LogP contribution in [0.25, 0.3) is 0 Å². The third-order valence-electron chi connectivity index (χ3n) is 5.38. The molecule has 7 heteroatoms. The highest BCUT2D eigenvalue weighted by Gasteiger charge is 2.37. The number of carbonyl (C=O) groups excluding carboxylic acids is 2. The van der Waals surface area contributed by atoms with Crippen LogP contribution in [0.1, 0.15) is 48.9 Å². The lowest BCUT2D eigenvalue weighted by Gasteiger charge is -2.31. The highest BCUT2D eigenvalue weighted by molar-refractivity contribution is 5.86. The second-order valence-corrected chi connectivity index (χ2v) is 7.99. The van der Waals surface area contributed by atoms with Crippen LogP contribution in [0.2, 0.25) is 0 Å². The van der Waals surface area contributed by atoms with E-state index in [9.17, 15) is 9.59 Å². The Balaban J connectivity index is 1.44. The summed E-state index contributed by atoms with van der Waals surface area (Å²) in [5.74, 6) is 0.403. The number of hydrogen-bond donors (Lipinski definition) is 1. The van der Waals surface area contributed by atoms with E-state index in [1.807, 2.05) is 37.5 Å². The number of benzene rings is 1. The van der Waals surface area contributed by atoms with Crippen molar-refractivity contribution in [3.8, 4) is 5.75 Å².